The summed E-state index contributed by atoms with van der Waals surface area (Å²) in [5.74, 6) is 0.344. The Morgan fingerprint density at radius 2 is 2.15 bits per heavy atom. The van der Waals surface area contributed by atoms with E-state index < -0.39 is 6.61 Å². The van der Waals surface area contributed by atoms with Crippen molar-refractivity contribution in [2.45, 2.75) is 30.5 Å². The van der Waals surface area contributed by atoms with Gasteiger partial charge in [0, 0.05) is 22.9 Å². The summed E-state index contributed by atoms with van der Waals surface area (Å²) in [7, 11) is 0. The first-order valence-electron chi connectivity index (χ1n) is 8.42. The van der Waals surface area contributed by atoms with E-state index >= 15 is 0 Å². The van der Waals surface area contributed by atoms with Crippen molar-refractivity contribution in [2.75, 3.05) is 17.7 Å². The molecule has 0 aliphatic carbocycles. The molecule has 0 saturated carbocycles. The lowest BCUT2D eigenvalue weighted by molar-refractivity contribution is -0.0497. The molecule has 1 aliphatic heterocycles. The average molecular weight is 414 g/mol. The van der Waals surface area contributed by atoms with Gasteiger partial charge in [-0.15, -0.1) is 11.8 Å². The highest BCUT2D eigenvalue weighted by Crippen LogP contribution is 2.30. The first-order valence-corrected chi connectivity index (χ1v) is 9.78. The summed E-state index contributed by atoms with van der Waals surface area (Å²) in [6, 6.07) is 11.4. The quantitative estimate of drug-likeness (QED) is 0.612. The number of rotatable bonds is 7. The molecule has 4 nitrogen and oxygen atoms in total. The van der Waals surface area contributed by atoms with Gasteiger partial charge in [0.1, 0.15) is 5.75 Å². The molecule has 1 aliphatic rings. The molecule has 1 amide bonds. The lowest BCUT2D eigenvalue weighted by Gasteiger charge is -2.13. The number of anilines is 1. The number of carbonyl (C=O) groups is 1. The molecule has 2 aromatic carbocycles. The number of benzene rings is 2. The predicted octanol–water partition coefficient (Wildman–Crippen LogP) is 5.46. The standard InChI is InChI=1S/C19H18ClF2NO3S/c20-15-10-12(7-8-16(15)26-19(21)22)23-18(24)14-5-1-2-6-17(14)27-11-13-4-3-9-25-13/h1-2,5-8,10,13,19H,3-4,9,11H2,(H,23,24). The van der Waals surface area contributed by atoms with E-state index in [1.54, 1.807) is 23.9 Å². The second kappa shape index (κ2) is 9.39. The number of halogens is 3. The van der Waals surface area contributed by atoms with E-state index in [4.69, 9.17) is 16.3 Å². The smallest absolute Gasteiger partial charge is 0.387 e. The Labute approximate surface area is 165 Å². The second-order valence-electron chi connectivity index (χ2n) is 5.92. The zero-order valence-corrected chi connectivity index (χ0v) is 15.9. The SMILES string of the molecule is O=C(Nc1ccc(OC(F)F)c(Cl)c1)c1ccccc1SCC1CCCO1. The molecule has 0 radical (unpaired) electrons. The highest BCUT2D eigenvalue weighted by atomic mass is 35.5. The van der Waals surface area contributed by atoms with Crippen LogP contribution in [0.4, 0.5) is 14.5 Å². The number of thioether (sulfide) groups is 1. The van der Waals surface area contributed by atoms with Gasteiger partial charge in [-0.3, -0.25) is 4.79 Å². The number of hydrogen-bond acceptors (Lipinski definition) is 4. The summed E-state index contributed by atoms with van der Waals surface area (Å²) in [4.78, 5) is 13.5. The number of alkyl halides is 2. The van der Waals surface area contributed by atoms with E-state index in [9.17, 15) is 13.6 Å². The van der Waals surface area contributed by atoms with Crippen LogP contribution < -0.4 is 10.1 Å². The van der Waals surface area contributed by atoms with E-state index in [1.807, 2.05) is 12.1 Å². The Bertz CT molecular complexity index is 800. The minimum Gasteiger partial charge on any atom is -0.433 e. The van der Waals surface area contributed by atoms with Crippen molar-refractivity contribution in [3.63, 3.8) is 0 Å². The monoisotopic (exact) mass is 413 g/mol. The molecular formula is C19H18ClF2NO3S. The Hall–Kier alpha value is -1.83. The van der Waals surface area contributed by atoms with Crippen LogP contribution in [0.3, 0.4) is 0 Å². The molecule has 8 heteroatoms. The number of hydrogen-bond donors (Lipinski definition) is 1. The maximum Gasteiger partial charge on any atom is 0.387 e. The Kier molecular flexibility index (Phi) is 6.93. The third kappa shape index (κ3) is 5.57. The molecule has 1 unspecified atom stereocenters. The molecule has 1 saturated heterocycles. The normalized spacial score (nSPS) is 16.5. The van der Waals surface area contributed by atoms with Crippen LogP contribution in [0.1, 0.15) is 23.2 Å². The van der Waals surface area contributed by atoms with Gasteiger partial charge in [-0.05, 0) is 43.2 Å². The first kappa shape index (κ1) is 19.9. The first-order chi connectivity index (χ1) is 13.0. The lowest BCUT2D eigenvalue weighted by atomic mass is 10.2. The summed E-state index contributed by atoms with van der Waals surface area (Å²) in [5, 5.41) is 2.73. The van der Waals surface area contributed by atoms with Gasteiger partial charge >= 0.3 is 6.61 Å². The van der Waals surface area contributed by atoms with Gasteiger partial charge in [-0.25, -0.2) is 0 Å². The molecule has 1 fully saturated rings. The van der Waals surface area contributed by atoms with E-state index in [2.05, 4.69) is 10.1 Å². The van der Waals surface area contributed by atoms with E-state index in [1.165, 1.54) is 18.2 Å². The summed E-state index contributed by atoms with van der Waals surface area (Å²) in [6.45, 7) is -2.17. The van der Waals surface area contributed by atoms with E-state index in [-0.39, 0.29) is 22.8 Å². The number of carbonyl (C=O) groups excluding carboxylic acids is 1. The summed E-state index contributed by atoms with van der Waals surface area (Å²) >= 11 is 7.51. The highest BCUT2D eigenvalue weighted by molar-refractivity contribution is 7.99. The fourth-order valence-electron chi connectivity index (χ4n) is 2.71. The summed E-state index contributed by atoms with van der Waals surface area (Å²) in [6.07, 6.45) is 2.32. The van der Waals surface area contributed by atoms with Crippen molar-refractivity contribution in [3.05, 3.63) is 53.1 Å². The minimum absolute atomic E-state index is 0.00542. The lowest BCUT2D eigenvalue weighted by Crippen LogP contribution is -2.14. The second-order valence-corrected chi connectivity index (χ2v) is 7.39. The number of amides is 1. The van der Waals surface area contributed by atoms with Gasteiger partial charge in [0.15, 0.2) is 0 Å². The van der Waals surface area contributed by atoms with Crippen molar-refractivity contribution in [3.8, 4) is 5.75 Å². The molecule has 0 spiro atoms. The van der Waals surface area contributed by atoms with Crippen LogP contribution >= 0.6 is 23.4 Å². The van der Waals surface area contributed by atoms with Crippen LogP contribution in [0, 0.1) is 0 Å². The van der Waals surface area contributed by atoms with Crippen LogP contribution in [0.15, 0.2) is 47.4 Å². The Morgan fingerprint density at radius 3 is 2.85 bits per heavy atom. The van der Waals surface area contributed by atoms with E-state index in [0.29, 0.717) is 11.3 Å². The third-order valence-electron chi connectivity index (χ3n) is 3.99. The molecule has 2 aromatic rings. The number of ether oxygens (including phenoxy) is 2. The van der Waals surface area contributed by atoms with Gasteiger partial charge in [0.05, 0.1) is 16.7 Å². The molecule has 27 heavy (non-hydrogen) atoms. The van der Waals surface area contributed by atoms with Gasteiger partial charge in [0.25, 0.3) is 5.91 Å². The molecule has 1 heterocycles. The third-order valence-corrected chi connectivity index (χ3v) is 5.49. The maximum atomic E-state index is 12.7. The van der Waals surface area contributed by atoms with Crippen molar-refractivity contribution < 1.29 is 23.0 Å². The molecule has 144 valence electrons. The zero-order valence-electron chi connectivity index (χ0n) is 14.3. The van der Waals surface area contributed by atoms with Gasteiger partial charge in [-0.1, -0.05) is 23.7 Å². The predicted molar refractivity (Wildman–Crippen MR) is 102 cm³/mol. The fraction of sp³-hybridized carbons (Fsp3) is 0.316. The van der Waals surface area contributed by atoms with Crippen LogP contribution in [0.25, 0.3) is 0 Å². The van der Waals surface area contributed by atoms with Crippen molar-refractivity contribution in [2.24, 2.45) is 0 Å². The average Bonchev–Trinajstić information content (AvgIpc) is 3.16. The van der Waals surface area contributed by atoms with Crippen molar-refractivity contribution in [1.29, 1.82) is 0 Å². The molecule has 3 rings (SSSR count). The molecule has 1 N–H and O–H groups in total. The van der Waals surface area contributed by atoms with Crippen molar-refractivity contribution >= 4 is 35.0 Å². The Balaban J connectivity index is 1.68. The topological polar surface area (TPSA) is 47.6 Å². The molecule has 0 bridgehead atoms. The molecule has 0 aromatic heterocycles. The van der Waals surface area contributed by atoms with Crippen LogP contribution in [-0.2, 0) is 4.74 Å². The summed E-state index contributed by atoms with van der Waals surface area (Å²) < 4.78 is 34.5. The zero-order chi connectivity index (χ0) is 19.2. The number of nitrogens with one attached hydrogen (secondary N) is 1. The van der Waals surface area contributed by atoms with Crippen LogP contribution in [0.5, 0.6) is 5.75 Å². The minimum atomic E-state index is -2.96. The highest BCUT2D eigenvalue weighted by Gasteiger charge is 2.18. The molecule has 1 atom stereocenters. The van der Waals surface area contributed by atoms with Crippen molar-refractivity contribution in [1.82, 2.24) is 0 Å². The van der Waals surface area contributed by atoms with Crippen LogP contribution in [-0.4, -0.2) is 31.0 Å². The van der Waals surface area contributed by atoms with Crippen LogP contribution in [0.2, 0.25) is 5.02 Å². The van der Waals surface area contributed by atoms with Gasteiger partial charge < -0.3 is 14.8 Å². The van der Waals surface area contributed by atoms with Gasteiger partial charge in [0.2, 0.25) is 0 Å². The largest absolute Gasteiger partial charge is 0.433 e. The maximum absolute atomic E-state index is 12.7. The Morgan fingerprint density at radius 1 is 1.33 bits per heavy atom. The van der Waals surface area contributed by atoms with E-state index in [0.717, 1.165) is 30.1 Å². The van der Waals surface area contributed by atoms with Gasteiger partial charge in [-0.2, -0.15) is 8.78 Å². The molecular weight excluding hydrogens is 396 g/mol. The summed E-state index contributed by atoms with van der Waals surface area (Å²) in [5.41, 5.74) is 0.926. The fourth-order valence-corrected chi connectivity index (χ4v) is 4.05.